The van der Waals surface area contributed by atoms with Crippen molar-refractivity contribution in [2.75, 3.05) is 11.6 Å². The molecule has 0 amide bonds. The van der Waals surface area contributed by atoms with Gasteiger partial charge in [-0.15, -0.1) is 11.8 Å². The van der Waals surface area contributed by atoms with Gasteiger partial charge < -0.3 is 10.3 Å². The van der Waals surface area contributed by atoms with Gasteiger partial charge in [0.2, 0.25) is 0 Å². The van der Waals surface area contributed by atoms with Crippen LogP contribution in [-0.2, 0) is 0 Å². The third kappa shape index (κ3) is 3.15. The first-order chi connectivity index (χ1) is 12.4. The molecule has 0 saturated carbocycles. The molecule has 25 heavy (non-hydrogen) atoms. The number of benzene rings is 3. The van der Waals surface area contributed by atoms with Crippen molar-refractivity contribution in [2.24, 2.45) is 0 Å². The number of H-pyrrole nitrogens is 1. The molecule has 1 atom stereocenters. The molecule has 1 heterocycles. The van der Waals surface area contributed by atoms with Crippen molar-refractivity contribution >= 4 is 28.4 Å². The number of anilines is 1. The lowest BCUT2D eigenvalue weighted by Crippen LogP contribution is -2.12. The molecule has 1 unspecified atom stereocenters. The molecule has 124 valence electrons. The average molecular weight is 344 g/mol. The van der Waals surface area contributed by atoms with Crippen LogP contribution in [0.5, 0.6) is 0 Å². The zero-order chi connectivity index (χ0) is 17.1. The van der Waals surface area contributed by atoms with Crippen LogP contribution in [0, 0.1) is 0 Å². The highest BCUT2D eigenvalue weighted by Gasteiger charge is 2.22. The number of aromatic nitrogens is 1. The standard InChI is InChI=1S/C22H20N2S/c1-25-22-20(18-14-8-9-15-19(18)24-22)21(16-10-4-2-5-11-16)23-17-12-6-3-7-13-17/h2-15,21,23-24H,1H3. The zero-order valence-electron chi connectivity index (χ0n) is 14.1. The van der Waals surface area contributed by atoms with Crippen LogP contribution >= 0.6 is 11.8 Å². The first-order valence-electron chi connectivity index (χ1n) is 8.38. The number of fused-ring (bicyclic) bond motifs is 1. The third-order valence-electron chi connectivity index (χ3n) is 4.42. The average Bonchev–Trinajstić information content (AvgIpc) is 3.06. The van der Waals surface area contributed by atoms with E-state index in [4.69, 9.17) is 0 Å². The monoisotopic (exact) mass is 344 g/mol. The molecule has 2 nitrogen and oxygen atoms in total. The molecule has 0 saturated heterocycles. The number of para-hydroxylation sites is 2. The number of hydrogen-bond donors (Lipinski definition) is 2. The van der Waals surface area contributed by atoms with E-state index in [1.165, 1.54) is 27.1 Å². The van der Waals surface area contributed by atoms with Gasteiger partial charge in [0.25, 0.3) is 0 Å². The van der Waals surface area contributed by atoms with Crippen LogP contribution in [0.25, 0.3) is 10.9 Å². The maximum absolute atomic E-state index is 3.73. The van der Waals surface area contributed by atoms with Crippen molar-refractivity contribution < 1.29 is 0 Å². The summed E-state index contributed by atoms with van der Waals surface area (Å²) < 4.78 is 0. The molecular weight excluding hydrogens is 324 g/mol. The number of thioether (sulfide) groups is 1. The SMILES string of the molecule is CSc1[nH]c2ccccc2c1C(Nc1ccccc1)c1ccccc1. The smallest absolute Gasteiger partial charge is 0.0799 e. The molecule has 4 rings (SSSR count). The number of nitrogens with one attached hydrogen (secondary N) is 2. The summed E-state index contributed by atoms with van der Waals surface area (Å²) in [6.07, 6.45) is 2.12. The number of aromatic amines is 1. The van der Waals surface area contributed by atoms with Gasteiger partial charge in [-0.05, 0) is 30.0 Å². The summed E-state index contributed by atoms with van der Waals surface area (Å²) in [6.45, 7) is 0. The maximum atomic E-state index is 3.73. The van der Waals surface area contributed by atoms with Crippen molar-refractivity contribution in [3.63, 3.8) is 0 Å². The molecule has 0 spiro atoms. The highest BCUT2D eigenvalue weighted by molar-refractivity contribution is 7.98. The summed E-state index contributed by atoms with van der Waals surface area (Å²) in [5.41, 5.74) is 4.86. The molecule has 3 aromatic carbocycles. The third-order valence-corrected chi connectivity index (χ3v) is 5.15. The van der Waals surface area contributed by atoms with E-state index >= 15 is 0 Å². The van der Waals surface area contributed by atoms with E-state index < -0.39 is 0 Å². The van der Waals surface area contributed by atoms with E-state index in [1.807, 2.05) is 6.07 Å². The van der Waals surface area contributed by atoms with E-state index in [0.717, 1.165) is 5.69 Å². The molecule has 0 aliphatic heterocycles. The molecule has 0 bridgehead atoms. The fraction of sp³-hybridized carbons (Fsp3) is 0.0909. The van der Waals surface area contributed by atoms with Gasteiger partial charge in [0.1, 0.15) is 0 Å². The highest BCUT2D eigenvalue weighted by Crippen LogP contribution is 2.38. The van der Waals surface area contributed by atoms with Crippen LogP contribution in [0.3, 0.4) is 0 Å². The second-order valence-corrected chi connectivity index (χ2v) is 6.79. The summed E-state index contributed by atoms with van der Waals surface area (Å²) in [5.74, 6) is 0. The largest absolute Gasteiger partial charge is 0.374 e. The Morgan fingerprint density at radius 2 is 1.44 bits per heavy atom. The minimum Gasteiger partial charge on any atom is -0.374 e. The van der Waals surface area contributed by atoms with Gasteiger partial charge in [-0.25, -0.2) is 0 Å². The second kappa shape index (κ2) is 7.08. The van der Waals surface area contributed by atoms with E-state index in [-0.39, 0.29) is 6.04 Å². The zero-order valence-corrected chi connectivity index (χ0v) is 14.9. The Kier molecular flexibility index (Phi) is 4.49. The Bertz CT molecular complexity index is 961. The first-order valence-corrected chi connectivity index (χ1v) is 9.60. The van der Waals surface area contributed by atoms with Crippen molar-refractivity contribution in [1.82, 2.24) is 4.98 Å². The second-order valence-electron chi connectivity index (χ2n) is 5.97. The number of hydrogen-bond acceptors (Lipinski definition) is 2. The molecule has 1 aromatic heterocycles. The molecular formula is C22H20N2S. The fourth-order valence-electron chi connectivity index (χ4n) is 3.26. The summed E-state index contributed by atoms with van der Waals surface area (Å²) in [6, 6.07) is 29.6. The minimum atomic E-state index is 0.0854. The van der Waals surface area contributed by atoms with Crippen LogP contribution in [0.15, 0.2) is 90.0 Å². The highest BCUT2D eigenvalue weighted by atomic mass is 32.2. The van der Waals surface area contributed by atoms with Crippen LogP contribution in [0.4, 0.5) is 5.69 Å². The minimum absolute atomic E-state index is 0.0854. The van der Waals surface area contributed by atoms with Crippen LogP contribution in [-0.4, -0.2) is 11.2 Å². The lowest BCUT2D eigenvalue weighted by Gasteiger charge is -2.22. The van der Waals surface area contributed by atoms with Gasteiger partial charge in [-0.2, -0.15) is 0 Å². The summed E-state index contributed by atoms with van der Waals surface area (Å²) >= 11 is 1.76. The van der Waals surface area contributed by atoms with Crippen LogP contribution < -0.4 is 5.32 Å². The lowest BCUT2D eigenvalue weighted by atomic mass is 9.97. The quantitative estimate of drug-likeness (QED) is 0.429. The lowest BCUT2D eigenvalue weighted by molar-refractivity contribution is 0.912. The molecule has 0 aliphatic carbocycles. The Labute approximate surface area is 152 Å². The predicted molar refractivity (Wildman–Crippen MR) is 108 cm³/mol. The topological polar surface area (TPSA) is 27.8 Å². The molecule has 0 fully saturated rings. The van der Waals surface area contributed by atoms with Crippen molar-refractivity contribution in [3.05, 3.63) is 96.1 Å². The van der Waals surface area contributed by atoms with Crippen LogP contribution in [0.1, 0.15) is 17.2 Å². The van der Waals surface area contributed by atoms with Crippen molar-refractivity contribution in [1.29, 1.82) is 0 Å². The van der Waals surface area contributed by atoms with Crippen molar-refractivity contribution in [2.45, 2.75) is 11.1 Å². The predicted octanol–water partition coefficient (Wildman–Crippen LogP) is 6.09. The van der Waals surface area contributed by atoms with E-state index in [0.29, 0.717) is 0 Å². The summed E-state index contributed by atoms with van der Waals surface area (Å²) in [7, 11) is 0. The Morgan fingerprint density at radius 3 is 2.16 bits per heavy atom. The van der Waals surface area contributed by atoms with Gasteiger partial charge in [0.05, 0.1) is 11.1 Å². The van der Waals surface area contributed by atoms with Crippen LogP contribution in [0.2, 0.25) is 0 Å². The Hall–Kier alpha value is -2.65. The maximum Gasteiger partial charge on any atom is 0.0799 e. The molecule has 4 aromatic rings. The van der Waals surface area contributed by atoms with E-state index in [9.17, 15) is 0 Å². The van der Waals surface area contributed by atoms with Gasteiger partial charge in [-0.1, -0.05) is 66.7 Å². The molecule has 0 aliphatic rings. The fourth-order valence-corrected chi connectivity index (χ4v) is 3.91. The summed E-state index contributed by atoms with van der Waals surface area (Å²) in [4.78, 5) is 3.57. The molecule has 0 radical (unpaired) electrons. The first kappa shape index (κ1) is 15.9. The van der Waals surface area contributed by atoms with Gasteiger partial charge in [0.15, 0.2) is 0 Å². The van der Waals surface area contributed by atoms with Gasteiger partial charge >= 0.3 is 0 Å². The Morgan fingerprint density at radius 1 is 0.800 bits per heavy atom. The normalized spacial score (nSPS) is 12.2. The van der Waals surface area contributed by atoms with E-state index in [2.05, 4.69) is 95.4 Å². The molecule has 2 N–H and O–H groups in total. The Balaban J connectivity index is 1.89. The summed E-state index contributed by atoms with van der Waals surface area (Å²) in [5, 5.41) is 6.21. The number of rotatable bonds is 5. The van der Waals surface area contributed by atoms with Gasteiger partial charge in [-0.3, -0.25) is 0 Å². The molecule has 3 heteroatoms. The van der Waals surface area contributed by atoms with Crippen molar-refractivity contribution in [3.8, 4) is 0 Å². The van der Waals surface area contributed by atoms with Gasteiger partial charge in [0, 0.05) is 22.2 Å². The van der Waals surface area contributed by atoms with E-state index in [1.54, 1.807) is 11.8 Å².